The van der Waals surface area contributed by atoms with Crippen LogP contribution in [0.4, 0.5) is 0 Å². The number of nitriles is 1. The van der Waals surface area contributed by atoms with E-state index in [2.05, 4.69) is 17.0 Å². The van der Waals surface area contributed by atoms with Crippen LogP contribution in [-0.2, 0) is 22.5 Å². The Morgan fingerprint density at radius 1 is 1.17 bits per heavy atom. The second kappa shape index (κ2) is 8.93. The largest absolute Gasteiger partial charge is 0.379 e. The third kappa shape index (κ3) is 4.52. The summed E-state index contributed by atoms with van der Waals surface area (Å²) >= 11 is 6.24. The molecule has 0 N–H and O–H groups in total. The molecule has 0 saturated carbocycles. The van der Waals surface area contributed by atoms with Gasteiger partial charge in [0.2, 0.25) is 0 Å². The zero-order valence-corrected chi connectivity index (χ0v) is 17.6. The quantitative estimate of drug-likeness (QED) is 0.613. The minimum atomic E-state index is 0.0329. The Labute approximate surface area is 180 Å². The Hall–Kier alpha value is -2.78. The first-order valence-corrected chi connectivity index (χ1v) is 10.3. The molecule has 30 heavy (non-hydrogen) atoms. The molecule has 0 aliphatic carbocycles. The first kappa shape index (κ1) is 20.5. The van der Waals surface area contributed by atoms with Gasteiger partial charge in [-0.05, 0) is 42.3 Å². The fraction of sp³-hybridized carbons (Fsp3) is 0.292. The van der Waals surface area contributed by atoms with Gasteiger partial charge >= 0.3 is 0 Å². The summed E-state index contributed by atoms with van der Waals surface area (Å²) in [4.78, 5) is 18.7. The summed E-state index contributed by atoms with van der Waals surface area (Å²) in [7, 11) is 0. The number of morpholine rings is 1. The number of fused-ring (bicyclic) bond motifs is 1. The molecule has 152 valence electrons. The fourth-order valence-electron chi connectivity index (χ4n) is 3.81. The van der Waals surface area contributed by atoms with Gasteiger partial charge in [-0.25, -0.2) is 4.98 Å². The van der Waals surface area contributed by atoms with E-state index >= 15 is 0 Å². The third-order valence-electron chi connectivity index (χ3n) is 5.32. The average Bonchev–Trinajstić information content (AvgIpc) is 2.74. The lowest BCUT2D eigenvalue weighted by atomic mass is 9.97. The van der Waals surface area contributed by atoms with E-state index < -0.39 is 0 Å². The number of nitrogens with zero attached hydrogens (tertiary/aromatic N) is 3. The molecule has 6 heteroatoms. The Balaban J connectivity index is 1.78. The first-order chi connectivity index (χ1) is 14.5. The van der Waals surface area contributed by atoms with Crippen LogP contribution in [0.5, 0.6) is 0 Å². The number of rotatable bonds is 5. The highest BCUT2D eigenvalue weighted by molar-refractivity contribution is 6.31. The van der Waals surface area contributed by atoms with Crippen LogP contribution in [-0.4, -0.2) is 42.0 Å². The number of carbonyl (C=O) groups is 1. The second-order valence-corrected chi connectivity index (χ2v) is 8.02. The highest BCUT2D eigenvalue weighted by Crippen LogP contribution is 2.29. The van der Waals surface area contributed by atoms with E-state index in [9.17, 15) is 10.1 Å². The first-order valence-electron chi connectivity index (χ1n) is 9.95. The van der Waals surface area contributed by atoms with Crippen molar-refractivity contribution in [3.8, 4) is 17.3 Å². The zero-order chi connectivity index (χ0) is 21.1. The maximum absolute atomic E-state index is 11.5. The maximum Gasteiger partial charge on any atom is 0.134 e. The molecule has 0 spiro atoms. The van der Waals surface area contributed by atoms with Crippen molar-refractivity contribution in [3.63, 3.8) is 0 Å². The lowest BCUT2D eigenvalue weighted by Gasteiger charge is -2.27. The summed E-state index contributed by atoms with van der Waals surface area (Å²) in [6.45, 7) is 5.60. The van der Waals surface area contributed by atoms with Gasteiger partial charge in [0.25, 0.3) is 0 Å². The van der Waals surface area contributed by atoms with Gasteiger partial charge in [0.05, 0.1) is 36.1 Å². The fourth-order valence-corrected chi connectivity index (χ4v) is 3.98. The van der Waals surface area contributed by atoms with Crippen LogP contribution >= 0.6 is 11.6 Å². The van der Waals surface area contributed by atoms with Crippen molar-refractivity contribution in [1.29, 1.82) is 5.26 Å². The van der Waals surface area contributed by atoms with Gasteiger partial charge in [0.1, 0.15) is 5.78 Å². The highest BCUT2D eigenvalue weighted by atomic mass is 35.5. The number of aromatic nitrogens is 1. The number of benzene rings is 2. The summed E-state index contributed by atoms with van der Waals surface area (Å²) in [5.74, 6) is 0.0329. The monoisotopic (exact) mass is 419 g/mol. The minimum Gasteiger partial charge on any atom is -0.379 e. The van der Waals surface area contributed by atoms with Gasteiger partial charge in [0.15, 0.2) is 0 Å². The second-order valence-electron chi connectivity index (χ2n) is 7.58. The molecule has 1 saturated heterocycles. The number of ketones is 1. The Bertz CT molecular complexity index is 1150. The molecule has 1 fully saturated rings. The third-order valence-corrected chi connectivity index (χ3v) is 5.56. The average molecular weight is 420 g/mol. The molecule has 2 heterocycles. The van der Waals surface area contributed by atoms with Crippen molar-refractivity contribution in [1.82, 2.24) is 9.88 Å². The molecule has 5 nitrogen and oxygen atoms in total. The molecule has 0 radical (unpaired) electrons. The van der Waals surface area contributed by atoms with Gasteiger partial charge in [-0.3, -0.25) is 9.69 Å². The van der Waals surface area contributed by atoms with Gasteiger partial charge < -0.3 is 4.74 Å². The number of pyridine rings is 1. The van der Waals surface area contributed by atoms with Crippen LogP contribution in [0.1, 0.15) is 23.6 Å². The summed E-state index contributed by atoms with van der Waals surface area (Å²) in [6.07, 6.45) is 0.256. The Kier molecular flexibility index (Phi) is 6.10. The summed E-state index contributed by atoms with van der Waals surface area (Å²) < 4.78 is 5.47. The predicted molar refractivity (Wildman–Crippen MR) is 117 cm³/mol. The number of Topliss-reactive ketones (excluding diaryl/α,β-unsaturated/α-hetero) is 1. The van der Waals surface area contributed by atoms with Crippen molar-refractivity contribution in [2.75, 3.05) is 26.3 Å². The molecule has 2 aromatic carbocycles. The van der Waals surface area contributed by atoms with Crippen LogP contribution in [0.2, 0.25) is 5.02 Å². The zero-order valence-electron chi connectivity index (χ0n) is 16.8. The van der Waals surface area contributed by atoms with E-state index in [4.69, 9.17) is 21.3 Å². The standard InChI is InChI=1S/C24H22ClN3O2/c1-16(29)10-17-2-3-18(11-19(17)14-26)23-12-20(15-28-6-8-30-9-7-28)22-5-4-21(25)13-24(22)27-23/h2-5,11-13H,6-10,15H2,1H3. The van der Waals surface area contributed by atoms with E-state index in [1.165, 1.54) is 12.5 Å². The van der Waals surface area contributed by atoms with Crippen LogP contribution in [0, 0.1) is 11.3 Å². The SMILES string of the molecule is CC(=O)Cc1ccc(-c2cc(CN3CCOCC3)c3ccc(Cl)cc3n2)cc1C#N. The summed E-state index contributed by atoms with van der Waals surface area (Å²) in [5, 5.41) is 11.3. The van der Waals surface area contributed by atoms with Crippen molar-refractivity contribution in [3.05, 3.63) is 64.2 Å². The molecular formula is C24H22ClN3O2. The molecule has 0 atom stereocenters. The molecule has 1 aliphatic heterocycles. The molecular weight excluding hydrogens is 398 g/mol. The molecule has 0 amide bonds. The Morgan fingerprint density at radius 2 is 1.97 bits per heavy atom. The van der Waals surface area contributed by atoms with Crippen molar-refractivity contribution in [2.24, 2.45) is 0 Å². The number of hydrogen-bond acceptors (Lipinski definition) is 5. The van der Waals surface area contributed by atoms with E-state index in [1.54, 1.807) is 0 Å². The lowest BCUT2D eigenvalue weighted by molar-refractivity contribution is -0.116. The molecule has 4 rings (SSSR count). The van der Waals surface area contributed by atoms with Gasteiger partial charge in [0, 0.05) is 42.0 Å². The Morgan fingerprint density at radius 3 is 2.70 bits per heavy atom. The molecule has 3 aromatic rings. The van der Waals surface area contributed by atoms with Crippen molar-refractivity contribution in [2.45, 2.75) is 19.9 Å². The van der Waals surface area contributed by atoms with E-state index in [1.807, 2.05) is 36.4 Å². The predicted octanol–water partition coefficient (Wildman–Crippen LogP) is 4.39. The summed E-state index contributed by atoms with van der Waals surface area (Å²) in [6, 6.07) is 15.7. The van der Waals surface area contributed by atoms with Crippen LogP contribution in [0.25, 0.3) is 22.2 Å². The summed E-state index contributed by atoms with van der Waals surface area (Å²) in [5.41, 5.74) is 4.88. The number of halogens is 1. The molecule has 0 bridgehead atoms. The van der Waals surface area contributed by atoms with Gasteiger partial charge in [-0.15, -0.1) is 0 Å². The van der Waals surface area contributed by atoms with Crippen LogP contribution in [0.3, 0.4) is 0 Å². The van der Waals surface area contributed by atoms with Crippen LogP contribution in [0.15, 0.2) is 42.5 Å². The smallest absolute Gasteiger partial charge is 0.134 e. The topological polar surface area (TPSA) is 66.2 Å². The molecule has 1 aliphatic rings. The number of ether oxygens (including phenoxy) is 1. The van der Waals surface area contributed by atoms with Gasteiger partial charge in [-0.2, -0.15) is 5.26 Å². The van der Waals surface area contributed by atoms with E-state index in [0.29, 0.717) is 10.6 Å². The maximum atomic E-state index is 11.5. The lowest BCUT2D eigenvalue weighted by Crippen LogP contribution is -2.35. The molecule has 1 aromatic heterocycles. The van der Waals surface area contributed by atoms with Crippen molar-refractivity contribution >= 4 is 28.3 Å². The van der Waals surface area contributed by atoms with Crippen molar-refractivity contribution < 1.29 is 9.53 Å². The van der Waals surface area contributed by atoms with Gasteiger partial charge in [-0.1, -0.05) is 29.8 Å². The molecule has 0 unspecified atom stereocenters. The van der Waals surface area contributed by atoms with E-state index in [-0.39, 0.29) is 12.2 Å². The number of hydrogen-bond donors (Lipinski definition) is 0. The normalized spacial score (nSPS) is 14.6. The minimum absolute atomic E-state index is 0.0329. The highest BCUT2D eigenvalue weighted by Gasteiger charge is 2.15. The van der Waals surface area contributed by atoms with Crippen LogP contribution < -0.4 is 0 Å². The van der Waals surface area contributed by atoms with E-state index in [0.717, 1.165) is 60.6 Å². The number of carbonyl (C=O) groups excluding carboxylic acids is 1.